The summed E-state index contributed by atoms with van der Waals surface area (Å²) in [5, 5.41) is -1.90. The summed E-state index contributed by atoms with van der Waals surface area (Å²) < 4.78 is 60.5. The van der Waals surface area contributed by atoms with Crippen LogP contribution in [0.4, 0.5) is 0 Å². The van der Waals surface area contributed by atoms with Crippen LogP contribution in [0.5, 0.6) is 0 Å². The standard InChI is InChI=1S/C21H20O5S2/c22-27(23,13-7-3-1-4-8-13)19-15-17-18(26-17)16(21(15)11-12-21)20(19)28(24,25)14-9-5-2-6-10-14/h1-10,15-20H,11-12H2/t15-,16+,17+,18-,19-,20-/m1/s1. The largest absolute Gasteiger partial charge is 0.369 e. The number of rotatable bonds is 4. The summed E-state index contributed by atoms with van der Waals surface area (Å²) in [5.41, 5.74) is -0.174. The Kier molecular flexibility index (Phi) is 3.23. The zero-order valence-corrected chi connectivity index (χ0v) is 16.6. The van der Waals surface area contributed by atoms with E-state index in [2.05, 4.69) is 0 Å². The van der Waals surface area contributed by atoms with Crippen LogP contribution in [-0.2, 0) is 24.4 Å². The van der Waals surface area contributed by atoms with Gasteiger partial charge in [-0.1, -0.05) is 36.4 Å². The summed E-state index contributed by atoms with van der Waals surface area (Å²) in [6.45, 7) is 0. The van der Waals surface area contributed by atoms with Crippen molar-refractivity contribution in [3.05, 3.63) is 60.7 Å². The zero-order chi connectivity index (χ0) is 19.3. The summed E-state index contributed by atoms with van der Waals surface area (Å²) in [7, 11) is -7.61. The lowest BCUT2D eigenvalue weighted by Crippen LogP contribution is -2.46. The van der Waals surface area contributed by atoms with Crippen molar-refractivity contribution in [3.63, 3.8) is 0 Å². The van der Waals surface area contributed by atoms with E-state index in [1.54, 1.807) is 60.7 Å². The van der Waals surface area contributed by atoms with Crippen LogP contribution in [0.2, 0.25) is 0 Å². The van der Waals surface area contributed by atoms with Gasteiger partial charge in [0.1, 0.15) is 0 Å². The molecule has 0 amide bonds. The molecule has 4 aliphatic rings. The molecule has 0 N–H and O–H groups in total. The van der Waals surface area contributed by atoms with Crippen LogP contribution in [0, 0.1) is 17.3 Å². The highest BCUT2D eigenvalue weighted by Crippen LogP contribution is 2.78. The number of epoxide rings is 1. The van der Waals surface area contributed by atoms with Gasteiger partial charge >= 0.3 is 0 Å². The maximum Gasteiger partial charge on any atom is 0.182 e. The first-order valence-electron chi connectivity index (χ1n) is 9.62. The van der Waals surface area contributed by atoms with E-state index in [0.29, 0.717) is 0 Å². The van der Waals surface area contributed by atoms with Crippen LogP contribution < -0.4 is 0 Å². The van der Waals surface area contributed by atoms with E-state index in [4.69, 9.17) is 4.74 Å². The van der Waals surface area contributed by atoms with Gasteiger partial charge in [-0.15, -0.1) is 0 Å². The molecule has 28 heavy (non-hydrogen) atoms. The molecular formula is C21H20O5S2. The van der Waals surface area contributed by atoms with Gasteiger partial charge < -0.3 is 4.74 Å². The van der Waals surface area contributed by atoms with Crippen molar-refractivity contribution in [1.82, 2.24) is 0 Å². The van der Waals surface area contributed by atoms with Gasteiger partial charge in [-0.25, -0.2) is 16.8 Å². The highest BCUT2D eigenvalue weighted by atomic mass is 32.2. The zero-order valence-electron chi connectivity index (χ0n) is 15.0. The first-order chi connectivity index (χ1) is 13.4. The van der Waals surface area contributed by atoms with Crippen LogP contribution in [0.25, 0.3) is 0 Å². The van der Waals surface area contributed by atoms with Crippen molar-refractivity contribution >= 4 is 19.7 Å². The lowest BCUT2D eigenvalue weighted by atomic mass is 9.93. The van der Waals surface area contributed by atoms with E-state index in [1.165, 1.54) is 0 Å². The smallest absolute Gasteiger partial charge is 0.182 e. The van der Waals surface area contributed by atoms with E-state index in [-0.39, 0.29) is 39.2 Å². The molecule has 6 rings (SSSR count). The first kappa shape index (κ1) is 17.2. The molecule has 1 heterocycles. The first-order valence-corrected chi connectivity index (χ1v) is 12.7. The predicted octanol–water partition coefficient (Wildman–Crippen LogP) is 2.48. The molecule has 6 atom stereocenters. The van der Waals surface area contributed by atoms with E-state index in [0.717, 1.165) is 12.8 Å². The minimum atomic E-state index is -3.81. The van der Waals surface area contributed by atoms with Crippen LogP contribution >= 0.6 is 0 Å². The summed E-state index contributed by atoms with van der Waals surface area (Å²) in [4.78, 5) is 0.405. The van der Waals surface area contributed by atoms with Gasteiger partial charge in [-0.05, 0) is 42.5 Å². The second kappa shape index (κ2) is 5.26. The highest BCUT2D eigenvalue weighted by Gasteiger charge is 2.85. The highest BCUT2D eigenvalue weighted by molar-refractivity contribution is 7.96. The SMILES string of the molecule is O=S(=O)(c1ccccc1)[C@@H]1[C@H]2[C@@H]3O[C@@H]3[C@@H]([C@H]1S(=O)(=O)c1ccccc1)C21CC1. The van der Waals surface area contributed by atoms with Gasteiger partial charge in [0.15, 0.2) is 19.7 Å². The van der Waals surface area contributed by atoms with Crippen molar-refractivity contribution in [2.24, 2.45) is 17.3 Å². The Morgan fingerprint density at radius 2 is 1.07 bits per heavy atom. The fourth-order valence-electron chi connectivity index (χ4n) is 6.11. The van der Waals surface area contributed by atoms with Gasteiger partial charge in [0, 0.05) is 11.8 Å². The Balaban J connectivity index is 1.55. The summed E-state index contributed by atoms with van der Waals surface area (Å²) >= 11 is 0. The number of benzene rings is 2. The molecule has 2 aromatic carbocycles. The summed E-state index contributed by atoms with van der Waals surface area (Å²) in [5.74, 6) is -0.451. The van der Waals surface area contributed by atoms with Gasteiger partial charge in [-0.3, -0.25) is 0 Å². The lowest BCUT2D eigenvalue weighted by molar-refractivity contribution is 0.180. The summed E-state index contributed by atoms with van der Waals surface area (Å²) in [6.07, 6.45) is 1.61. The van der Waals surface area contributed by atoms with Crippen molar-refractivity contribution in [1.29, 1.82) is 0 Å². The molecule has 7 heteroatoms. The van der Waals surface area contributed by atoms with Crippen molar-refractivity contribution < 1.29 is 21.6 Å². The van der Waals surface area contributed by atoms with Crippen molar-refractivity contribution in [2.75, 3.05) is 0 Å². The van der Waals surface area contributed by atoms with Crippen LogP contribution in [0.1, 0.15) is 12.8 Å². The quantitative estimate of drug-likeness (QED) is 0.716. The predicted molar refractivity (Wildman–Crippen MR) is 102 cm³/mol. The summed E-state index contributed by atoms with van der Waals surface area (Å²) in [6, 6.07) is 16.5. The topological polar surface area (TPSA) is 80.8 Å². The van der Waals surface area contributed by atoms with Crippen LogP contribution in [0.15, 0.2) is 70.5 Å². The molecule has 0 unspecified atom stereocenters. The molecule has 3 aliphatic carbocycles. The normalized spacial score (nSPS) is 37.0. The molecule has 1 saturated heterocycles. The second-order valence-electron chi connectivity index (χ2n) is 8.50. The minimum absolute atomic E-state index is 0.0989. The van der Waals surface area contributed by atoms with Gasteiger partial charge in [0.05, 0.1) is 32.5 Å². The number of hydrogen-bond acceptors (Lipinski definition) is 5. The van der Waals surface area contributed by atoms with E-state index in [9.17, 15) is 16.8 Å². The van der Waals surface area contributed by atoms with E-state index in [1.807, 2.05) is 0 Å². The van der Waals surface area contributed by atoms with Gasteiger partial charge in [0.25, 0.3) is 0 Å². The van der Waals surface area contributed by atoms with E-state index >= 15 is 0 Å². The molecule has 1 spiro atoms. The lowest BCUT2D eigenvalue weighted by Gasteiger charge is -2.28. The average Bonchev–Trinajstić information content (AvgIpc) is 3.61. The fourth-order valence-corrected chi connectivity index (χ4v) is 11.4. The third-order valence-corrected chi connectivity index (χ3v) is 12.0. The monoisotopic (exact) mass is 416 g/mol. The van der Waals surface area contributed by atoms with Crippen molar-refractivity contribution in [3.8, 4) is 0 Å². The molecule has 2 bridgehead atoms. The molecule has 0 radical (unpaired) electrons. The Hall–Kier alpha value is -1.70. The average molecular weight is 417 g/mol. The molecular weight excluding hydrogens is 396 g/mol. The number of sulfone groups is 2. The maximum absolute atomic E-state index is 13.7. The number of hydrogen-bond donors (Lipinski definition) is 0. The van der Waals surface area contributed by atoms with Crippen molar-refractivity contribution in [2.45, 2.75) is 45.3 Å². The van der Waals surface area contributed by atoms with Gasteiger partial charge in [-0.2, -0.15) is 0 Å². The molecule has 2 aromatic rings. The second-order valence-corrected chi connectivity index (χ2v) is 12.7. The van der Waals surface area contributed by atoms with Gasteiger partial charge in [0.2, 0.25) is 0 Å². The Bertz CT molecular complexity index is 1060. The Morgan fingerprint density at radius 1 is 0.679 bits per heavy atom. The Morgan fingerprint density at radius 3 is 1.43 bits per heavy atom. The van der Waals surface area contributed by atoms with Crippen LogP contribution in [-0.4, -0.2) is 39.5 Å². The number of fused-ring (bicyclic) bond motifs is 3. The van der Waals surface area contributed by atoms with E-state index < -0.39 is 30.2 Å². The molecule has 4 fully saturated rings. The third kappa shape index (κ3) is 2.00. The third-order valence-electron chi connectivity index (χ3n) is 7.32. The molecule has 146 valence electrons. The maximum atomic E-state index is 13.7. The van der Waals surface area contributed by atoms with Crippen LogP contribution in [0.3, 0.4) is 0 Å². The minimum Gasteiger partial charge on any atom is -0.369 e. The molecule has 1 aliphatic heterocycles. The molecule has 3 saturated carbocycles. The Labute approximate surface area is 164 Å². The molecule has 5 nitrogen and oxygen atoms in total. The molecule has 0 aromatic heterocycles. The number of ether oxygens (including phenoxy) is 1. The fraction of sp³-hybridized carbons (Fsp3) is 0.429.